The van der Waals surface area contributed by atoms with Gasteiger partial charge in [0.25, 0.3) is 0 Å². The van der Waals surface area contributed by atoms with Crippen LogP contribution in [-0.2, 0) is 9.53 Å². The number of rotatable bonds is 6. The van der Waals surface area contributed by atoms with Crippen LogP contribution in [0.15, 0.2) is 0 Å². The van der Waals surface area contributed by atoms with Crippen LogP contribution in [0.4, 0.5) is 0 Å². The molecule has 1 aliphatic heterocycles. The summed E-state index contributed by atoms with van der Waals surface area (Å²) in [5.41, 5.74) is 0. The third kappa shape index (κ3) is 5.36. The maximum absolute atomic E-state index is 11.7. The largest absolute Gasteiger partial charge is 0.379 e. The molecule has 0 spiro atoms. The molecule has 1 heterocycles. The highest BCUT2D eigenvalue weighted by atomic mass is 16.5. The number of nitrogens with zero attached hydrogens (tertiary/aromatic N) is 1. The molecule has 0 saturated carbocycles. The highest BCUT2D eigenvalue weighted by Crippen LogP contribution is 2.12. The molecule has 1 fully saturated rings. The van der Waals surface area contributed by atoms with E-state index < -0.39 is 0 Å². The molecule has 0 radical (unpaired) electrons. The predicted molar refractivity (Wildman–Crippen MR) is 73.5 cm³/mol. The summed E-state index contributed by atoms with van der Waals surface area (Å²) in [4.78, 5) is 14.1. The van der Waals surface area contributed by atoms with Crippen molar-refractivity contribution in [3.05, 3.63) is 0 Å². The van der Waals surface area contributed by atoms with E-state index in [0.717, 1.165) is 32.8 Å². The van der Waals surface area contributed by atoms with Gasteiger partial charge in [0.2, 0.25) is 5.91 Å². The van der Waals surface area contributed by atoms with Gasteiger partial charge in [-0.2, -0.15) is 0 Å². The van der Waals surface area contributed by atoms with Crippen LogP contribution in [0.1, 0.15) is 34.1 Å². The van der Waals surface area contributed by atoms with E-state index in [2.05, 4.69) is 37.9 Å². The van der Waals surface area contributed by atoms with Gasteiger partial charge in [-0.3, -0.25) is 9.69 Å². The monoisotopic (exact) mass is 256 g/mol. The molecule has 1 unspecified atom stereocenters. The Morgan fingerprint density at radius 3 is 2.33 bits per heavy atom. The van der Waals surface area contributed by atoms with Crippen molar-refractivity contribution in [1.29, 1.82) is 0 Å². The number of hydrogen-bond donors (Lipinski definition) is 1. The molecule has 0 aliphatic carbocycles. The second-order valence-corrected chi connectivity index (χ2v) is 5.86. The van der Waals surface area contributed by atoms with E-state index in [1.54, 1.807) is 0 Å². The third-order valence-electron chi connectivity index (χ3n) is 3.39. The van der Waals surface area contributed by atoms with Crippen molar-refractivity contribution in [2.24, 2.45) is 11.8 Å². The number of amides is 1. The van der Waals surface area contributed by atoms with E-state index in [1.165, 1.54) is 0 Å². The molecule has 1 atom stereocenters. The molecule has 1 rings (SSSR count). The maximum atomic E-state index is 11.7. The quantitative estimate of drug-likeness (QED) is 0.783. The minimum Gasteiger partial charge on any atom is -0.379 e. The number of ether oxygens (including phenoxy) is 1. The lowest BCUT2D eigenvalue weighted by molar-refractivity contribution is -0.122. The molecule has 4 heteroatoms. The average molecular weight is 256 g/mol. The summed E-state index contributed by atoms with van der Waals surface area (Å²) in [5.74, 6) is 1.14. The number of morpholine rings is 1. The molecule has 0 aromatic rings. The van der Waals surface area contributed by atoms with Crippen LogP contribution in [-0.4, -0.2) is 49.7 Å². The molecule has 4 nitrogen and oxygen atoms in total. The van der Waals surface area contributed by atoms with E-state index in [1.807, 2.05) is 0 Å². The van der Waals surface area contributed by atoms with Crippen molar-refractivity contribution >= 4 is 5.91 Å². The fraction of sp³-hybridized carbons (Fsp3) is 0.929. The minimum atomic E-state index is 0.170. The van der Waals surface area contributed by atoms with Crippen LogP contribution in [0.3, 0.4) is 0 Å². The maximum Gasteiger partial charge on any atom is 0.220 e. The number of carbonyl (C=O) groups excluding carboxylic acids is 1. The van der Waals surface area contributed by atoms with E-state index in [0.29, 0.717) is 24.3 Å². The zero-order valence-corrected chi connectivity index (χ0v) is 12.2. The van der Waals surface area contributed by atoms with Gasteiger partial charge in [0.15, 0.2) is 0 Å². The van der Waals surface area contributed by atoms with Gasteiger partial charge in [0.05, 0.1) is 13.2 Å². The zero-order valence-electron chi connectivity index (χ0n) is 12.2. The molecule has 1 N–H and O–H groups in total. The summed E-state index contributed by atoms with van der Waals surface area (Å²) >= 11 is 0. The standard InChI is InChI=1S/C14H28N2O2/c1-11(2)9-14(17)15-10-13(12(3)4)16-5-7-18-8-6-16/h11-13H,5-10H2,1-4H3,(H,15,17). The topological polar surface area (TPSA) is 41.6 Å². The summed E-state index contributed by atoms with van der Waals surface area (Å²) in [5, 5.41) is 3.07. The molecule has 0 bridgehead atoms. The second kappa shape index (κ2) is 7.74. The summed E-state index contributed by atoms with van der Waals surface area (Å²) in [6.07, 6.45) is 0.619. The molecular formula is C14H28N2O2. The van der Waals surface area contributed by atoms with Gasteiger partial charge in [0.1, 0.15) is 0 Å². The molecule has 1 amide bonds. The van der Waals surface area contributed by atoms with E-state index in [-0.39, 0.29) is 5.91 Å². The van der Waals surface area contributed by atoms with Crippen LogP contribution in [0.25, 0.3) is 0 Å². The SMILES string of the molecule is CC(C)CC(=O)NCC(C(C)C)N1CCOCC1. The van der Waals surface area contributed by atoms with Crippen molar-refractivity contribution in [2.45, 2.75) is 40.2 Å². The highest BCUT2D eigenvalue weighted by molar-refractivity contribution is 5.76. The first kappa shape index (κ1) is 15.4. The Morgan fingerprint density at radius 1 is 1.22 bits per heavy atom. The lowest BCUT2D eigenvalue weighted by Gasteiger charge is -2.37. The van der Waals surface area contributed by atoms with Crippen molar-refractivity contribution < 1.29 is 9.53 Å². The zero-order chi connectivity index (χ0) is 13.5. The van der Waals surface area contributed by atoms with Crippen LogP contribution >= 0.6 is 0 Å². The Kier molecular flexibility index (Phi) is 6.65. The van der Waals surface area contributed by atoms with Crippen molar-refractivity contribution in [3.8, 4) is 0 Å². The predicted octanol–water partition coefficient (Wildman–Crippen LogP) is 1.51. The lowest BCUT2D eigenvalue weighted by atomic mass is 10.0. The molecule has 0 aromatic carbocycles. The first-order chi connectivity index (χ1) is 8.50. The molecule has 1 saturated heterocycles. The number of carbonyl (C=O) groups is 1. The van der Waals surface area contributed by atoms with E-state index in [4.69, 9.17) is 4.74 Å². The first-order valence-corrected chi connectivity index (χ1v) is 7.09. The van der Waals surface area contributed by atoms with Gasteiger partial charge in [0, 0.05) is 32.1 Å². The van der Waals surface area contributed by atoms with Crippen LogP contribution in [0, 0.1) is 11.8 Å². The summed E-state index contributed by atoms with van der Waals surface area (Å²) in [6, 6.07) is 0.421. The van der Waals surface area contributed by atoms with E-state index in [9.17, 15) is 4.79 Å². The Morgan fingerprint density at radius 2 is 1.83 bits per heavy atom. The van der Waals surface area contributed by atoms with Gasteiger partial charge in [-0.1, -0.05) is 27.7 Å². The molecule has 18 heavy (non-hydrogen) atoms. The molecule has 0 aromatic heterocycles. The van der Waals surface area contributed by atoms with Gasteiger partial charge >= 0.3 is 0 Å². The average Bonchev–Trinajstić information content (AvgIpc) is 2.29. The van der Waals surface area contributed by atoms with Crippen LogP contribution in [0.5, 0.6) is 0 Å². The first-order valence-electron chi connectivity index (χ1n) is 7.09. The summed E-state index contributed by atoms with van der Waals surface area (Å²) < 4.78 is 5.38. The van der Waals surface area contributed by atoms with Gasteiger partial charge in [-0.05, 0) is 11.8 Å². The second-order valence-electron chi connectivity index (χ2n) is 5.86. The molecule has 106 valence electrons. The van der Waals surface area contributed by atoms with Gasteiger partial charge in [-0.15, -0.1) is 0 Å². The van der Waals surface area contributed by atoms with Crippen LogP contribution in [0.2, 0.25) is 0 Å². The highest BCUT2D eigenvalue weighted by Gasteiger charge is 2.24. The van der Waals surface area contributed by atoms with Crippen molar-refractivity contribution in [2.75, 3.05) is 32.8 Å². The van der Waals surface area contributed by atoms with Gasteiger partial charge in [-0.25, -0.2) is 0 Å². The normalized spacial score (nSPS) is 19.2. The Balaban J connectivity index is 2.40. The summed E-state index contributed by atoms with van der Waals surface area (Å²) in [7, 11) is 0. The Hall–Kier alpha value is -0.610. The lowest BCUT2D eigenvalue weighted by Crippen LogP contribution is -2.51. The Labute approximate surface area is 111 Å². The molecule has 1 aliphatic rings. The van der Waals surface area contributed by atoms with Crippen molar-refractivity contribution in [1.82, 2.24) is 10.2 Å². The van der Waals surface area contributed by atoms with E-state index >= 15 is 0 Å². The summed E-state index contributed by atoms with van der Waals surface area (Å²) in [6.45, 7) is 12.9. The van der Waals surface area contributed by atoms with Gasteiger partial charge < -0.3 is 10.1 Å². The number of nitrogens with one attached hydrogen (secondary N) is 1. The number of hydrogen-bond acceptors (Lipinski definition) is 3. The molecular weight excluding hydrogens is 228 g/mol. The third-order valence-corrected chi connectivity index (χ3v) is 3.39. The fourth-order valence-electron chi connectivity index (χ4n) is 2.36. The smallest absolute Gasteiger partial charge is 0.220 e. The van der Waals surface area contributed by atoms with Crippen molar-refractivity contribution in [3.63, 3.8) is 0 Å². The minimum absolute atomic E-state index is 0.170. The fourth-order valence-corrected chi connectivity index (χ4v) is 2.36. The van der Waals surface area contributed by atoms with Crippen LogP contribution < -0.4 is 5.32 Å². The Bertz CT molecular complexity index is 248.